The molecule has 2 aliphatic heterocycles. The summed E-state index contributed by atoms with van der Waals surface area (Å²) < 4.78 is 15.7. The van der Waals surface area contributed by atoms with Crippen molar-refractivity contribution in [2.24, 2.45) is 5.92 Å². The maximum Gasteiger partial charge on any atom is 0.273 e. The third-order valence-corrected chi connectivity index (χ3v) is 7.83. The molecule has 1 aliphatic carbocycles. The highest BCUT2D eigenvalue weighted by Crippen LogP contribution is 2.54. The lowest BCUT2D eigenvalue weighted by molar-refractivity contribution is 0.340. The van der Waals surface area contributed by atoms with E-state index in [0.717, 1.165) is 12.7 Å². The molecule has 0 amide bonds. The number of thioether (sulfide) groups is 1. The van der Waals surface area contributed by atoms with E-state index in [1.165, 1.54) is 11.8 Å². The molecule has 3 heterocycles. The molecule has 5 nitrogen and oxygen atoms in total. The van der Waals surface area contributed by atoms with Gasteiger partial charge in [-0.25, -0.2) is 14.6 Å². The van der Waals surface area contributed by atoms with Crippen molar-refractivity contribution in [2.45, 2.75) is 42.5 Å². The van der Waals surface area contributed by atoms with Crippen LogP contribution in [0.1, 0.15) is 24.0 Å². The molecule has 1 aromatic heterocycles. The maximum atomic E-state index is 15.3. The minimum Gasteiger partial charge on any atom is -0.384 e. The predicted octanol–water partition coefficient (Wildman–Crippen LogP) is 4.40. The Morgan fingerprint density at radius 3 is 2.90 bits per heavy atom. The number of aliphatic hydroxyl groups is 1. The average molecular weight is 497 g/mol. The molecule has 2 bridgehead atoms. The van der Waals surface area contributed by atoms with Crippen LogP contribution in [0.15, 0.2) is 15.6 Å². The number of hydrogen-bond donors (Lipinski definition) is 2. The molecule has 2 aromatic rings. The largest absolute Gasteiger partial charge is 0.384 e. The van der Waals surface area contributed by atoms with Crippen molar-refractivity contribution >= 4 is 51.0 Å². The van der Waals surface area contributed by atoms with Crippen LogP contribution >= 0.6 is 27.7 Å². The van der Waals surface area contributed by atoms with Gasteiger partial charge in [-0.2, -0.15) is 5.26 Å². The summed E-state index contributed by atoms with van der Waals surface area (Å²) in [5.74, 6) is 8.34. The highest BCUT2D eigenvalue weighted by atomic mass is 79.9. The number of aryl methyl sites for hydroxylation is 1. The number of aromatic nitrogens is 1. The third-order valence-electron chi connectivity index (χ3n) is 6.29. The molecule has 31 heavy (non-hydrogen) atoms. The van der Waals surface area contributed by atoms with Gasteiger partial charge in [0.05, 0.1) is 21.8 Å². The standard InChI is InChI=1S/C22H19BBrFN4OS/c1-31-22-14(5-3-7-30)20(28-19-13-9-16(19)23(10-13)11-27)15-8-12(4-2-6-26)17(24)18(25)21(15)29-22/h8,13,16,19,30H,2,4,7,9-10H2,1H3,(H,28,29). The first-order valence-electron chi connectivity index (χ1n) is 10.0. The maximum absolute atomic E-state index is 15.3. The topological polar surface area (TPSA) is 92.7 Å². The van der Waals surface area contributed by atoms with E-state index in [-0.39, 0.29) is 37.1 Å². The summed E-state index contributed by atoms with van der Waals surface area (Å²) in [6.07, 6.45) is 4.45. The molecule has 0 radical (unpaired) electrons. The number of rotatable bonds is 5. The predicted molar refractivity (Wildman–Crippen MR) is 125 cm³/mol. The van der Waals surface area contributed by atoms with Gasteiger partial charge in [0.15, 0.2) is 5.82 Å². The Hall–Kier alpha value is -2.25. The summed E-state index contributed by atoms with van der Waals surface area (Å²) in [5, 5.41) is 32.5. The highest BCUT2D eigenvalue weighted by molar-refractivity contribution is 9.10. The van der Waals surface area contributed by atoms with E-state index in [1.54, 1.807) is 0 Å². The zero-order chi connectivity index (χ0) is 22.1. The zero-order valence-corrected chi connectivity index (χ0v) is 19.3. The molecule has 156 valence electrons. The van der Waals surface area contributed by atoms with Crippen molar-refractivity contribution in [1.82, 2.24) is 4.98 Å². The first kappa shape index (κ1) is 22.0. The molecule has 3 aliphatic rings. The quantitative estimate of drug-likeness (QED) is 0.362. The Morgan fingerprint density at radius 2 is 2.26 bits per heavy atom. The van der Waals surface area contributed by atoms with E-state index in [4.69, 9.17) is 5.26 Å². The number of hydrogen-bond acceptors (Lipinski definition) is 6. The molecule has 0 spiro atoms. The van der Waals surface area contributed by atoms with Crippen LogP contribution in [0, 0.1) is 46.1 Å². The molecule has 2 saturated heterocycles. The van der Waals surface area contributed by atoms with Gasteiger partial charge in [-0.05, 0) is 58.4 Å². The summed E-state index contributed by atoms with van der Waals surface area (Å²) in [7, 11) is 0. The van der Waals surface area contributed by atoms with Crippen LogP contribution < -0.4 is 5.32 Å². The van der Waals surface area contributed by atoms with E-state index in [9.17, 15) is 10.4 Å². The van der Waals surface area contributed by atoms with E-state index in [2.05, 4.69) is 50.1 Å². The van der Waals surface area contributed by atoms with Crippen LogP contribution in [0.3, 0.4) is 0 Å². The number of fused-ring (bicyclic) bond motifs is 2. The van der Waals surface area contributed by atoms with Crippen molar-refractivity contribution in [3.05, 3.63) is 27.5 Å². The molecule has 2 N–H and O–H groups in total. The van der Waals surface area contributed by atoms with Crippen LogP contribution in [0.4, 0.5) is 10.1 Å². The lowest BCUT2D eigenvalue weighted by atomic mass is 9.44. The van der Waals surface area contributed by atoms with E-state index < -0.39 is 5.82 Å². The summed E-state index contributed by atoms with van der Waals surface area (Å²) >= 11 is 4.71. The highest BCUT2D eigenvalue weighted by Gasteiger charge is 2.55. The third kappa shape index (κ3) is 3.78. The number of pyridine rings is 1. The Bertz CT molecular complexity index is 1200. The second-order valence-corrected chi connectivity index (χ2v) is 9.44. The number of anilines is 1. The van der Waals surface area contributed by atoms with E-state index in [0.29, 0.717) is 44.0 Å². The zero-order valence-electron chi connectivity index (χ0n) is 16.9. The Morgan fingerprint density at radius 1 is 1.45 bits per heavy atom. The van der Waals surface area contributed by atoms with Crippen molar-refractivity contribution in [2.75, 3.05) is 18.2 Å². The van der Waals surface area contributed by atoms with Crippen LogP contribution in [-0.4, -0.2) is 35.7 Å². The van der Waals surface area contributed by atoms with Gasteiger partial charge < -0.3 is 10.4 Å². The Kier molecular flexibility index (Phi) is 6.44. The minimum atomic E-state index is -0.461. The summed E-state index contributed by atoms with van der Waals surface area (Å²) in [4.78, 5) is 4.54. The number of benzene rings is 1. The number of halogens is 2. The van der Waals surface area contributed by atoms with Crippen molar-refractivity contribution in [1.29, 1.82) is 10.5 Å². The lowest BCUT2D eigenvalue weighted by Gasteiger charge is -2.38. The number of nitriles is 2. The molecule has 3 atom stereocenters. The fourth-order valence-corrected chi connectivity index (χ4v) is 5.82. The first-order chi connectivity index (χ1) is 15.0. The van der Waals surface area contributed by atoms with Gasteiger partial charge in [-0.1, -0.05) is 18.2 Å². The summed E-state index contributed by atoms with van der Waals surface area (Å²) in [6.45, 7) is -0.252. The molecule has 1 aromatic carbocycles. The second kappa shape index (κ2) is 9.09. The molecule has 9 heteroatoms. The van der Waals surface area contributed by atoms with Gasteiger partial charge in [-0.3, -0.25) is 0 Å². The Balaban J connectivity index is 1.92. The monoisotopic (exact) mass is 496 g/mol. The number of nitrogens with one attached hydrogen (secondary N) is 1. The van der Waals surface area contributed by atoms with Crippen LogP contribution in [-0.2, 0) is 6.42 Å². The minimum absolute atomic E-state index is 0.0414. The molecule has 1 saturated carbocycles. The van der Waals surface area contributed by atoms with Gasteiger partial charge in [0.25, 0.3) is 6.71 Å². The van der Waals surface area contributed by atoms with Gasteiger partial charge in [-0.15, -0.1) is 11.8 Å². The van der Waals surface area contributed by atoms with Gasteiger partial charge in [0.2, 0.25) is 0 Å². The van der Waals surface area contributed by atoms with Crippen LogP contribution in [0.25, 0.3) is 10.9 Å². The summed E-state index contributed by atoms with van der Waals surface area (Å²) in [5.41, 5.74) is 2.25. The normalized spacial score (nSPS) is 21.1. The van der Waals surface area contributed by atoms with E-state index in [1.807, 2.05) is 12.3 Å². The van der Waals surface area contributed by atoms with Gasteiger partial charge >= 0.3 is 0 Å². The first-order valence-corrected chi connectivity index (χ1v) is 12.1. The number of aliphatic hydroxyl groups excluding tert-OH is 1. The number of nitrogens with zero attached hydrogens (tertiary/aromatic N) is 3. The molecular weight excluding hydrogens is 478 g/mol. The van der Waals surface area contributed by atoms with E-state index >= 15 is 4.39 Å². The summed E-state index contributed by atoms with van der Waals surface area (Å²) in [6, 6.07) is 4.11. The fourth-order valence-electron chi connectivity index (χ4n) is 4.78. The smallest absolute Gasteiger partial charge is 0.273 e. The second-order valence-electron chi connectivity index (χ2n) is 7.85. The van der Waals surface area contributed by atoms with Crippen molar-refractivity contribution in [3.63, 3.8) is 0 Å². The van der Waals surface area contributed by atoms with Gasteiger partial charge in [0.1, 0.15) is 17.1 Å². The molecule has 3 fully saturated rings. The van der Waals surface area contributed by atoms with Crippen molar-refractivity contribution < 1.29 is 9.50 Å². The van der Waals surface area contributed by atoms with Gasteiger partial charge in [0, 0.05) is 23.8 Å². The van der Waals surface area contributed by atoms with Crippen LogP contribution in [0.5, 0.6) is 0 Å². The fraction of sp³-hybridized carbons (Fsp3) is 0.409. The molecule has 3 unspecified atom stereocenters. The Labute approximate surface area is 193 Å². The van der Waals surface area contributed by atoms with Crippen LogP contribution in [0.2, 0.25) is 12.1 Å². The lowest BCUT2D eigenvalue weighted by Crippen LogP contribution is -2.39. The molecular formula is C22H19BBrFN4OS. The average Bonchev–Trinajstić information content (AvgIpc) is 3.36. The molecule has 5 rings (SSSR count). The SMILES string of the molecule is CSc1nc2c(F)c(Br)c(CCC#N)cc2c(NC2C3CB(C#N)C2C3)c1C#CCO. The van der Waals surface area contributed by atoms with Crippen molar-refractivity contribution in [3.8, 4) is 23.9 Å².